The van der Waals surface area contributed by atoms with Gasteiger partial charge in [-0.25, -0.2) is 9.97 Å². The molecular formula is C34H24N2S. The summed E-state index contributed by atoms with van der Waals surface area (Å²) in [5.74, 6) is 0. The van der Waals surface area contributed by atoms with E-state index in [0.717, 1.165) is 21.4 Å². The van der Waals surface area contributed by atoms with E-state index in [2.05, 4.69) is 98.8 Å². The molecule has 3 heteroatoms. The van der Waals surface area contributed by atoms with Crippen LogP contribution in [0.2, 0.25) is 0 Å². The summed E-state index contributed by atoms with van der Waals surface area (Å²) in [5, 5.41) is 1.17. The maximum absolute atomic E-state index is 4.97. The predicted octanol–water partition coefficient (Wildman–Crippen LogP) is 9.62. The average Bonchev–Trinajstić information content (AvgIpc) is 3.29. The molecule has 0 bridgehead atoms. The Hall–Kier alpha value is -4.34. The van der Waals surface area contributed by atoms with Crippen LogP contribution >= 0.6 is 11.3 Å². The molecule has 0 spiro atoms. The summed E-state index contributed by atoms with van der Waals surface area (Å²) in [6.45, 7) is 4.41. The lowest BCUT2D eigenvalue weighted by molar-refractivity contribution is 1.40. The quantitative estimate of drug-likeness (QED) is 0.245. The molecule has 0 aliphatic carbocycles. The molecule has 0 amide bonds. The summed E-state index contributed by atoms with van der Waals surface area (Å²) in [5.41, 5.74) is 12.9. The van der Waals surface area contributed by atoms with Crippen molar-refractivity contribution in [1.82, 2.24) is 9.97 Å². The molecule has 0 atom stereocenters. The zero-order valence-electron chi connectivity index (χ0n) is 20.7. The van der Waals surface area contributed by atoms with E-state index in [-0.39, 0.29) is 0 Å². The van der Waals surface area contributed by atoms with Crippen LogP contribution in [-0.4, -0.2) is 9.97 Å². The van der Waals surface area contributed by atoms with E-state index in [1.165, 1.54) is 54.6 Å². The Morgan fingerprint density at radius 1 is 0.541 bits per heavy atom. The third kappa shape index (κ3) is 3.71. The highest BCUT2D eigenvalue weighted by molar-refractivity contribution is 7.25. The first-order chi connectivity index (χ1) is 18.2. The number of benzene rings is 5. The minimum absolute atomic E-state index is 0.936. The number of para-hydroxylation sites is 2. The van der Waals surface area contributed by atoms with Crippen LogP contribution in [0.5, 0.6) is 0 Å². The molecule has 7 aromatic rings. The Morgan fingerprint density at radius 3 is 2.08 bits per heavy atom. The number of fused-ring (bicyclic) bond motifs is 4. The monoisotopic (exact) mass is 492 g/mol. The van der Waals surface area contributed by atoms with Crippen molar-refractivity contribution in [3.63, 3.8) is 0 Å². The van der Waals surface area contributed by atoms with Crippen LogP contribution in [0.4, 0.5) is 0 Å². The van der Waals surface area contributed by atoms with Crippen molar-refractivity contribution in [3.8, 4) is 33.4 Å². The highest BCUT2D eigenvalue weighted by Gasteiger charge is 2.13. The van der Waals surface area contributed by atoms with Crippen LogP contribution in [0.25, 0.3) is 64.8 Å². The molecule has 37 heavy (non-hydrogen) atoms. The molecule has 2 heterocycles. The second-order valence-corrected chi connectivity index (χ2v) is 10.6. The van der Waals surface area contributed by atoms with Gasteiger partial charge in [0, 0.05) is 10.1 Å². The first-order valence-corrected chi connectivity index (χ1v) is 13.3. The molecule has 0 saturated heterocycles. The predicted molar refractivity (Wildman–Crippen MR) is 158 cm³/mol. The van der Waals surface area contributed by atoms with Gasteiger partial charge in [-0.05, 0) is 88.7 Å². The molecule has 5 aromatic carbocycles. The van der Waals surface area contributed by atoms with Gasteiger partial charge in [0.15, 0.2) is 0 Å². The third-order valence-corrected chi connectivity index (χ3v) is 8.31. The number of hydrogen-bond donors (Lipinski definition) is 0. The van der Waals surface area contributed by atoms with Crippen LogP contribution in [0, 0.1) is 13.8 Å². The molecule has 0 radical (unpaired) electrons. The van der Waals surface area contributed by atoms with Crippen molar-refractivity contribution >= 4 is 42.8 Å². The van der Waals surface area contributed by atoms with Gasteiger partial charge < -0.3 is 0 Å². The summed E-state index contributed by atoms with van der Waals surface area (Å²) in [7, 11) is 0. The van der Waals surface area contributed by atoms with Crippen molar-refractivity contribution in [2.45, 2.75) is 13.8 Å². The summed E-state index contributed by atoms with van der Waals surface area (Å²) in [6, 6.07) is 38.9. The maximum Gasteiger partial charge on any atom is 0.143 e. The van der Waals surface area contributed by atoms with Crippen molar-refractivity contribution < 1.29 is 0 Å². The van der Waals surface area contributed by atoms with Gasteiger partial charge in [0.05, 0.1) is 11.0 Å². The Balaban J connectivity index is 1.34. The SMILES string of the molecule is Cc1ccccc1-c1cccc(-c2cccc(-c3ccc4sc5nc6ccccc6nc5c4c3)c2)c1C. The summed E-state index contributed by atoms with van der Waals surface area (Å²) in [4.78, 5) is 10.8. The van der Waals surface area contributed by atoms with E-state index in [9.17, 15) is 0 Å². The van der Waals surface area contributed by atoms with E-state index in [4.69, 9.17) is 9.97 Å². The highest BCUT2D eigenvalue weighted by atomic mass is 32.1. The Labute approximate surface area is 219 Å². The number of aromatic nitrogens is 2. The topological polar surface area (TPSA) is 25.8 Å². The van der Waals surface area contributed by atoms with Gasteiger partial charge in [-0.2, -0.15) is 0 Å². The van der Waals surface area contributed by atoms with Crippen molar-refractivity contribution in [2.75, 3.05) is 0 Å². The van der Waals surface area contributed by atoms with E-state index >= 15 is 0 Å². The Morgan fingerprint density at radius 2 is 1.22 bits per heavy atom. The zero-order valence-corrected chi connectivity index (χ0v) is 21.5. The van der Waals surface area contributed by atoms with Crippen molar-refractivity contribution in [1.29, 1.82) is 0 Å². The number of aryl methyl sites for hydroxylation is 1. The van der Waals surface area contributed by atoms with E-state index in [0.29, 0.717) is 0 Å². The van der Waals surface area contributed by atoms with Crippen LogP contribution < -0.4 is 0 Å². The molecule has 0 fully saturated rings. The fraction of sp³-hybridized carbons (Fsp3) is 0.0588. The molecule has 2 nitrogen and oxygen atoms in total. The standard InChI is InChI=1S/C34H24N2S/c1-21-9-3-4-12-26(21)28-14-8-13-27(22(28)2)25-11-7-10-23(19-25)24-17-18-32-29(20-24)33-34(37-32)36-31-16-6-5-15-30(31)35-33/h3-20H,1-2H3. The first-order valence-electron chi connectivity index (χ1n) is 12.5. The summed E-state index contributed by atoms with van der Waals surface area (Å²) >= 11 is 1.71. The molecule has 0 saturated carbocycles. The van der Waals surface area contributed by atoms with Crippen LogP contribution in [0.3, 0.4) is 0 Å². The fourth-order valence-electron chi connectivity index (χ4n) is 5.30. The average molecular weight is 493 g/mol. The second-order valence-electron chi connectivity index (χ2n) is 9.55. The van der Waals surface area contributed by atoms with Gasteiger partial charge in [-0.3, -0.25) is 0 Å². The number of hydrogen-bond acceptors (Lipinski definition) is 3. The molecule has 0 aliphatic rings. The van der Waals surface area contributed by atoms with Gasteiger partial charge in [-0.15, -0.1) is 11.3 Å². The number of rotatable bonds is 3. The van der Waals surface area contributed by atoms with Crippen molar-refractivity contribution in [2.24, 2.45) is 0 Å². The van der Waals surface area contributed by atoms with Gasteiger partial charge in [0.2, 0.25) is 0 Å². The Bertz CT molecular complexity index is 1970. The van der Waals surface area contributed by atoms with Crippen LogP contribution in [0.1, 0.15) is 11.1 Å². The Kier molecular flexibility index (Phi) is 5.12. The smallest absolute Gasteiger partial charge is 0.143 e. The summed E-state index contributed by atoms with van der Waals surface area (Å²) in [6.07, 6.45) is 0. The second kappa shape index (κ2) is 8.65. The van der Waals surface area contributed by atoms with Crippen molar-refractivity contribution in [3.05, 3.63) is 120 Å². The first kappa shape index (κ1) is 21.9. The largest absolute Gasteiger partial charge is 0.243 e. The van der Waals surface area contributed by atoms with Gasteiger partial charge >= 0.3 is 0 Å². The highest BCUT2D eigenvalue weighted by Crippen LogP contribution is 2.38. The molecule has 0 N–H and O–H groups in total. The van der Waals surface area contributed by atoms with E-state index in [1.807, 2.05) is 24.3 Å². The van der Waals surface area contributed by atoms with Gasteiger partial charge in [0.25, 0.3) is 0 Å². The third-order valence-electron chi connectivity index (χ3n) is 7.26. The normalized spacial score (nSPS) is 11.5. The lowest BCUT2D eigenvalue weighted by Crippen LogP contribution is -1.91. The summed E-state index contributed by atoms with van der Waals surface area (Å²) < 4.78 is 1.21. The van der Waals surface area contributed by atoms with Crippen LogP contribution in [-0.2, 0) is 0 Å². The molecule has 176 valence electrons. The number of nitrogens with zero attached hydrogens (tertiary/aromatic N) is 2. The van der Waals surface area contributed by atoms with E-state index in [1.54, 1.807) is 11.3 Å². The minimum Gasteiger partial charge on any atom is -0.243 e. The van der Waals surface area contributed by atoms with E-state index < -0.39 is 0 Å². The molecular weight excluding hydrogens is 468 g/mol. The van der Waals surface area contributed by atoms with Crippen LogP contribution in [0.15, 0.2) is 109 Å². The van der Waals surface area contributed by atoms with Gasteiger partial charge in [0.1, 0.15) is 10.3 Å². The molecule has 7 rings (SSSR count). The molecule has 2 aromatic heterocycles. The maximum atomic E-state index is 4.97. The van der Waals surface area contributed by atoms with Gasteiger partial charge in [-0.1, -0.05) is 78.9 Å². The fourth-order valence-corrected chi connectivity index (χ4v) is 6.31. The molecule has 0 aliphatic heterocycles. The molecule has 0 unspecified atom stereocenters. The zero-order chi connectivity index (χ0) is 24.9. The lowest BCUT2D eigenvalue weighted by Gasteiger charge is -2.14. The number of thiophene rings is 1. The minimum atomic E-state index is 0.936. The lowest BCUT2D eigenvalue weighted by atomic mass is 9.90.